The predicted octanol–water partition coefficient (Wildman–Crippen LogP) is 1.77. The second-order valence-corrected chi connectivity index (χ2v) is 2.49. The zero-order valence-electron chi connectivity index (χ0n) is 7.03. The molecule has 0 atom stereocenters. The zero-order valence-corrected chi connectivity index (χ0v) is 7.03. The summed E-state index contributed by atoms with van der Waals surface area (Å²) < 4.78 is 0. The summed E-state index contributed by atoms with van der Waals surface area (Å²) in [6, 6.07) is 0. The van der Waals surface area contributed by atoms with Crippen LogP contribution in [0.1, 0.15) is 13.8 Å². The van der Waals surface area contributed by atoms with Gasteiger partial charge in [-0.25, -0.2) is 0 Å². The molecule has 1 amide bonds. The van der Waals surface area contributed by atoms with Crippen molar-refractivity contribution in [3.63, 3.8) is 0 Å². The van der Waals surface area contributed by atoms with Gasteiger partial charge >= 0.3 is 0 Å². The standard InChI is InChI=1S/C9H13NO/c1-6(2)8(5)10-9(11)7(3)4/h1,3,5H2,2,4H3,(H,10,11). The van der Waals surface area contributed by atoms with Gasteiger partial charge in [0.05, 0.1) is 0 Å². The van der Waals surface area contributed by atoms with Crippen molar-refractivity contribution in [2.75, 3.05) is 0 Å². The molecule has 2 nitrogen and oxygen atoms in total. The summed E-state index contributed by atoms with van der Waals surface area (Å²) in [6.07, 6.45) is 0. The number of nitrogens with one attached hydrogen (secondary N) is 1. The molecule has 11 heavy (non-hydrogen) atoms. The number of hydrogen-bond donors (Lipinski definition) is 1. The molecule has 2 heteroatoms. The third-order valence-corrected chi connectivity index (χ3v) is 1.17. The van der Waals surface area contributed by atoms with E-state index < -0.39 is 0 Å². The molecule has 60 valence electrons. The molecule has 0 aliphatic carbocycles. The van der Waals surface area contributed by atoms with Crippen LogP contribution >= 0.6 is 0 Å². The monoisotopic (exact) mass is 151 g/mol. The van der Waals surface area contributed by atoms with Gasteiger partial charge in [-0.1, -0.05) is 19.7 Å². The summed E-state index contributed by atoms with van der Waals surface area (Å²) in [4.78, 5) is 10.9. The summed E-state index contributed by atoms with van der Waals surface area (Å²) in [5.41, 5.74) is 1.75. The van der Waals surface area contributed by atoms with Crippen LogP contribution in [0.15, 0.2) is 36.6 Å². The van der Waals surface area contributed by atoms with Crippen LogP contribution < -0.4 is 5.32 Å². The third kappa shape index (κ3) is 3.40. The summed E-state index contributed by atoms with van der Waals surface area (Å²) >= 11 is 0. The highest BCUT2D eigenvalue weighted by Crippen LogP contribution is 1.99. The van der Waals surface area contributed by atoms with E-state index in [-0.39, 0.29) is 5.91 Å². The first-order valence-corrected chi connectivity index (χ1v) is 3.26. The molecule has 1 N–H and O–H groups in total. The fourth-order valence-electron chi connectivity index (χ4n) is 0.350. The van der Waals surface area contributed by atoms with Crippen LogP contribution in [0, 0.1) is 0 Å². The van der Waals surface area contributed by atoms with Gasteiger partial charge < -0.3 is 5.32 Å². The topological polar surface area (TPSA) is 29.1 Å². The Labute approximate surface area is 67.3 Å². The van der Waals surface area contributed by atoms with Gasteiger partial charge in [-0.15, -0.1) is 0 Å². The van der Waals surface area contributed by atoms with Crippen LogP contribution in [0.3, 0.4) is 0 Å². The number of carbonyl (C=O) groups excluding carboxylic acids is 1. The van der Waals surface area contributed by atoms with Gasteiger partial charge in [0.1, 0.15) is 0 Å². The van der Waals surface area contributed by atoms with E-state index >= 15 is 0 Å². The SMILES string of the molecule is C=C(C)C(=C)NC(=O)C(=C)C. The second kappa shape index (κ2) is 3.76. The summed E-state index contributed by atoms with van der Waals surface area (Å²) in [5.74, 6) is -0.210. The minimum absolute atomic E-state index is 0.210. The van der Waals surface area contributed by atoms with Gasteiger partial charge in [-0.05, 0) is 19.4 Å². The molecule has 0 bridgehead atoms. The lowest BCUT2D eigenvalue weighted by molar-refractivity contribution is -0.116. The van der Waals surface area contributed by atoms with E-state index in [0.717, 1.165) is 5.57 Å². The van der Waals surface area contributed by atoms with Gasteiger partial charge in [-0.3, -0.25) is 4.79 Å². The molecule has 0 spiro atoms. The van der Waals surface area contributed by atoms with Crippen molar-refractivity contribution in [2.24, 2.45) is 0 Å². The third-order valence-electron chi connectivity index (χ3n) is 1.17. The number of amides is 1. The van der Waals surface area contributed by atoms with Crippen molar-refractivity contribution in [3.05, 3.63) is 36.6 Å². The first kappa shape index (κ1) is 9.69. The lowest BCUT2D eigenvalue weighted by Crippen LogP contribution is -2.22. The van der Waals surface area contributed by atoms with Crippen molar-refractivity contribution < 1.29 is 4.79 Å². The number of rotatable bonds is 3. The maximum Gasteiger partial charge on any atom is 0.250 e. The first-order chi connectivity index (χ1) is 4.95. The Morgan fingerprint density at radius 1 is 1.09 bits per heavy atom. The second-order valence-electron chi connectivity index (χ2n) is 2.49. The molecule has 0 heterocycles. The van der Waals surface area contributed by atoms with E-state index in [1.807, 2.05) is 0 Å². The molecule has 0 aliphatic rings. The van der Waals surface area contributed by atoms with Crippen molar-refractivity contribution in [2.45, 2.75) is 13.8 Å². The molecule has 0 fully saturated rings. The Bertz CT molecular complexity index is 202. The highest BCUT2D eigenvalue weighted by Gasteiger charge is 2.02. The maximum atomic E-state index is 10.9. The summed E-state index contributed by atoms with van der Waals surface area (Å²) in [5, 5.41) is 2.55. The Morgan fingerprint density at radius 3 is 1.82 bits per heavy atom. The molecule has 0 aliphatic heterocycles. The molecular weight excluding hydrogens is 138 g/mol. The molecule has 0 aromatic heterocycles. The molecule has 0 radical (unpaired) electrons. The normalized spacial score (nSPS) is 8.55. The van der Waals surface area contributed by atoms with Crippen LogP contribution in [0.2, 0.25) is 0 Å². The van der Waals surface area contributed by atoms with Gasteiger partial charge in [0.15, 0.2) is 0 Å². The zero-order chi connectivity index (χ0) is 9.02. The Hall–Kier alpha value is -1.31. The van der Waals surface area contributed by atoms with Crippen molar-refractivity contribution in [1.82, 2.24) is 5.32 Å². The largest absolute Gasteiger partial charge is 0.323 e. The number of hydrogen-bond acceptors (Lipinski definition) is 1. The number of allylic oxidation sites excluding steroid dienone is 1. The van der Waals surface area contributed by atoms with E-state index in [0.29, 0.717) is 11.3 Å². The Morgan fingerprint density at radius 2 is 1.55 bits per heavy atom. The highest BCUT2D eigenvalue weighted by atomic mass is 16.1. The highest BCUT2D eigenvalue weighted by molar-refractivity contribution is 5.93. The van der Waals surface area contributed by atoms with E-state index in [4.69, 9.17) is 0 Å². The predicted molar refractivity (Wildman–Crippen MR) is 46.9 cm³/mol. The fraction of sp³-hybridized carbons (Fsp3) is 0.222. The van der Waals surface area contributed by atoms with E-state index in [9.17, 15) is 4.79 Å². The van der Waals surface area contributed by atoms with Crippen LogP contribution in [0.25, 0.3) is 0 Å². The lowest BCUT2D eigenvalue weighted by atomic mass is 10.2. The molecular formula is C9H13NO. The van der Waals surface area contributed by atoms with Crippen LogP contribution in [0.5, 0.6) is 0 Å². The van der Waals surface area contributed by atoms with Crippen molar-refractivity contribution in [1.29, 1.82) is 0 Å². The van der Waals surface area contributed by atoms with E-state index in [1.54, 1.807) is 13.8 Å². The average molecular weight is 151 g/mol. The van der Waals surface area contributed by atoms with Crippen LogP contribution in [-0.4, -0.2) is 5.91 Å². The van der Waals surface area contributed by atoms with Gasteiger partial charge in [0, 0.05) is 11.3 Å². The van der Waals surface area contributed by atoms with Crippen LogP contribution in [0.4, 0.5) is 0 Å². The average Bonchev–Trinajstić information content (AvgIpc) is 1.87. The van der Waals surface area contributed by atoms with E-state index in [1.165, 1.54) is 0 Å². The molecule has 0 saturated heterocycles. The van der Waals surface area contributed by atoms with Gasteiger partial charge in [0.25, 0.3) is 5.91 Å². The Kier molecular flexibility index (Phi) is 3.31. The smallest absolute Gasteiger partial charge is 0.250 e. The van der Waals surface area contributed by atoms with Crippen molar-refractivity contribution >= 4 is 5.91 Å². The molecule has 0 aromatic rings. The minimum Gasteiger partial charge on any atom is -0.323 e. The molecule has 0 rings (SSSR count). The van der Waals surface area contributed by atoms with Crippen LogP contribution in [-0.2, 0) is 4.79 Å². The van der Waals surface area contributed by atoms with Gasteiger partial charge in [0.2, 0.25) is 0 Å². The number of carbonyl (C=O) groups is 1. The Balaban J connectivity index is 4.07. The van der Waals surface area contributed by atoms with Crippen molar-refractivity contribution in [3.8, 4) is 0 Å². The summed E-state index contributed by atoms with van der Waals surface area (Å²) in [7, 11) is 0. The fourth-order valence-corrected chi connectivity index (χ4v) is 0.350. The molecule has 0 unspecified atom stereocenters. The van der Waals surface area contributed by atoms with Gasteiger partial charge in [-0.2, -0.15) is 0 Å². The first-order valence-electron chi connectivity index (χ1n) is 3.26. The van der Waals surface area contributed by atoms with E-state index in [2.05, 4.69) is 25.1 Å². The molecule has 0 saturated carbocycles. The molecule has 0 aromatic carbocycles. The minimum atomic E-state index is -0.210. The maximum absolute atomic E-state index is 10.9. The lowest BCUT2D eigenvalue weighted by Gasteiger charge is -2.06. The summed E-state index contributed by atoms with van der Waals surface area (Å²) in [6.45, 7) is 14.1. The quantitative estimate of drug-likeness (QED) is 0.483.